The van der Waals surface area contributed by atoms with Crippen LogP contribution in [0.15, 0.2) is 24.3 Å². The van der Waals surface area contributed by atoms with Gasteiger partial charge in [-0.05, 0) is 31.2 Å². The van der Waals surface area contributed by atoms with E-state index in [0.29, 0.717) is 12.5 Å². The summed E-state index contributed by atoms with van der Waals surface area (Å²) in [6.45, 7) is 2.39. The number of aryl methyl sites for hydroxylation is 1. The van der Waals surface area contributed by atoms with Crippen LogP contribution in [0.25, 0.3) is 0 Å². The van der Waals surface area contributed by atoms with E-state index in [4.69, 9.17) is 0 Å². The molecule has 1 saturated carbocycles. The molecule has 1 aliphatic carbocycles. The number of aliphatic hydroxyl groups is 1. The highest BCUT2D eigenvalue weighted by molar-refractivity contribution is 5.26. The summed E-state index contributed by atoms with van der Waals surface area (Å²) in [5, 5.41) is 9.26. The Labute approximate surface area is 79.4 Å². The molecule has 1 fully saturated rings. The summed E-state index contributed by atoms with van der Waals surface area (Å²) in [6.07, 6.45) is 2.58. The lowest BCUT2D eigenvalue weighted by molar-refractivity contribution is 0.253. The van der Waals surface area contributed by atoms with Crippen molar-refractivity contribution in [2.75, 3.05) is 6.61 Å². The third kappa shape index (κ3) is 1.92. The molecule has 0 bridgehead atoms. The van der Waals surface area contributed by atoms with E-state index in [9.17, 15) is 5.11 Å². The van der Waals surface area contributed by atoms with Crippen LogP contribution in [0, 0.1) is 12.8 Å². The van der Waals surface area contributed by atoms with E-state index in [2.05, 4.69) is 31.2 Å². The Bertz CT molecular complexity index is 272. The van der Waals surface area contributed by atoms with Gasteiger partial charge in [0.1, 0.15) is 0 Å². The van der Waals surface area contributed by atoms with Crippen molar-refractivity contribution in [3.8, 4) is 0 Å². The van der Waals surface area contributed by atoms with Crippen LogP contribution in [0.2, 0.25) is 0 Å². The van der Waals surface area contributed by atoms with Crippen molar-refractivity contribution in [3.05, 3.63) is 35.4 Å². The van der Waals surface area contributed by atoms with Gasteiger partial charge in [0.2, 0.25) is 0 Å². The summed E-state index contributed by atoms with van der Waals surface area (Å²) in [5.74, 6) is 1.13. The maximum absolute atomic E-state index is 9.26. The maximum Gasteiger partial charge on any atom is 0.0502 e. The van der Waals surface area contributed by atoms with E-state index in [1.807, 2.05) is 0 Å². The summed E-state index contributed by atoms with van der Waals surface area (Å²) < 4.78 is 0. The molecule has 1 nitrogen and oxygen atoms in total. The average molecular weight is 176 g/mol. The Balaban J connectivity index is 2.17. The lowest BCUT2D eigenvalue weighted by Crippen LogP contribution is -2.05. The minimum Gasteiger partial charge on any atom is -0.396 e. The summed E-state index contributed by atoms with van der Waals surface area (Å²) in [7, 11) is 0. The molecule has 2 rings (SSSR count). The number of hydrogen-bond donors (Lipinski definition) is 1. The molecule has 0 amide bonds. The first-order valence-electron chi connectivity index (χ1n) is 4.98. The molecule has 1 atom stereocenters. The summed E-state index contributed by atoms with van der Waals surface area (Å²) in [5.41, 5.74) is 2.59. The second-order valence-electron chi connectivity index (χ2n) is 4.04. The first kappa shape index (κ1) is 8.76. The van der Waals surface area contributed by atoms with Crippen molar-refractivity contribution in [2.45, 2.75) is 25.7 Å². The number of rotatable bonds is 3. The lowest BCUT2D eigenvalue weighted by atomic mass is 9.94. The lowest BCUT2D eigenvalue weighted by Gasteiger charge is -2.13. The molecular formula is C12H16O. The van der Waals surface area contributed by atoms with Gasteiger partial charge in [-0.2, -0.15) is 0 Å². The Morgan fingerprint density at radius 1 is 1.31 bits per heavy atom. The van der Waals surface area contributed by atoms with Crippen LogP contribution in [0.4, 0.5) is 0 Å². The van der Waals surface area contributed by atoms with Crippen molar-refractivity contribution in [1.29, 1.82) is 0 Å². The fraction of sp³-hybridized carbons (Fsp3) is 0.500. The van der Waals surface area contributed by atoms with Crippen molar-refractivity contribution in [3.63, 3.8) is 0 Å². The molecule has 0 heterocycles. The van der Waals surface area contributed by atoms with E-state index in [1.54, 1.807) is 0 Å². The molecule has 0 saturated heterocycles. The van der Waals surface area contributed by atoms with Crippen molar-refractivity contribution in [2.24, 2.45) is 5.92 Å². The molecule has 1 aromatic rings. The molecule has 1 aliphatic rings. The molecule has 0 spiro atoms. The predicted molar refractivity (Wildman–Crippen MR) is 53.7 cm³/mol. The SMILES string of the molecule is Cc1ccc(C(CO)C2CC2)cc1. The Morgan fingerprint density at radius 2 is 1.92 bits per heavy atom. The topological polar surface area (TPSA) is 20.2 Å². The zero-order chi connectivity index (χ0) is 9.26. The molecule has 0 aliphatic heterocycles. The Kier molecular flexibility index (Phi) is 2.36. The van der Waals surface area contributed by atoms with Gasteiger partial charge in [-0.3, -0.25) is 0 Å². The third-order valence-electron chi connectivity index (χ3n) is 2.89. The third-order valence-corrected chi connectivity index (χ3v) is 2.89. The van der Waals surface area contributed by atoms with Gasteiger partial charge in [0.15, 0.2) is 0 Å². The standard InChI is InChI=1S/C12H16O/c1-9-2-4-10(5-3-9)12(8-13)11-6-7-11/h2-5,11-13H,6-8H2,1H3. The minimum absolute atomic E-state index is 0.299. The summed E-state index contributed by atoms with van der Waals surface area (Å²) >= 11 is 0. The van der Waals surface area contributed by atoms with Gasteiger partial charge in [0, 0.05) is 5.92 Å². The van der Waals surface area contributed by atoms with Crippen LogP contribution in [-0.2, 0) is 0 Å². The minimum atomic E-state index is 0.299. The second-order valence-corrected chi connectivity index (χ2v) is 4.04. The van der Waals surface area contributed by atoms with E-state index in [0.717, 1.165) is 5.92 Å². The van der Waals surface area contributed by atoms with Crippen LogP contribution < -0.4 is 0 Å². The average Bonchev–Trinajstić information content (AvgIpc) is 2.93. The fourth-order valence-electron chi connectivity index (χ4n) is 1.84. The summed E-state index contributed by atoms with van der Waals surface area (Å²) in [6, 6.07) is 8.55. The first-order chi connectivity index (χ1) is 6.31. The van der Waals surface area contributed by atoms with Gasteiger partial charge in [-0.15, -0.1) is 0 Å². The quantitative estimate of drug-likeness (QED) is 0.750. The largest absolute Gasteiger partial charge is 0.396 e. The fourth-order valence-corrected chi connectivity index (χ4v) is 1.84. The smallest absolute Gasteiger partial charge is 0.0502 e. The molecular weight excluding hydrogens is 160 g/mol. The number of benzene rings is 1. The highest BCUT2D eigenvalue weighted by Gasteiger charge is 2.31. The normalized spacial score (nSPS) is 18.6. The van der Waals surface area contributed by atoms with Gasteiger partial charge in [-0.1, -0.05) is 29.8 Å². The second kappa shape index (κ2) is 3.51. The van der Waals surface area contributed by atoms with Crippen molar-refractivity contribution >= 4 is 0 Å². The van der Waals surface area contributed by atoms with E-state index in [-0.39, 0.29) is 0 Å². The first-order valence-corrected chi connectivity index (χ1v) is 4.98. The predicted octanol–water partition coefficient (Wildman–Crippen LogP) is 2.48. The van der Waals surface area contributed by atoms with Crippen molar-refractivity contribution in [1.82, 2.24) is 0 Å². The van der Waals surface area contributed by atoms with Gasteiger partial charge < -0.3 is 5.11 Å². The Hall–Kier alpha value is -0.820. The molecule has 1 aromatic carbocycles. The summed E-state index contributed by atoms with van der Waals surface area (Å²) in [4.78, 5) is 0. The monoisotopic (exact) mass is 176 g/mol. The zero-order valence-corrected chi connectivity index (χ0v) is 8.03. The number of hydrogen-bond acceptors (Lipinski definition) is 1. The molecule has 0 aromatic heterocycles. The molecule has 1 heteroatoms. The highest BCUT2D eigenvalue weighted by Crippen LogP contribution is 2.42. The van der Waals surface area contributed by atoms with Gasteiger partial charge in [0.05, 0.1) is 6.61 Å². The van der Waals surface area contributed by atoms with Crippen LogP contribution in [0.1, 0.15) is 29.9 Å². The Morgan fingerprint density at radius 3 is 2.38 bits per heavy atom. The molecule has 70 valence electrons. The van der Waals surface area contributed by atoms with E-state index >= 15 is 0 Å². The van der Waals surface area contributed by atoms with Crippen LogP contribution in [0.5, 0.6) is 0 Å². The van der Waals surface area contributed by atoms with Crippen LogP contribution in [0.3, 0.4) is 0 Å². The molecule has 0 radical (unpaired) electrons. The van der Waals surface area contributed by atoms with Gasteiger partial charge in [0.25, 0.3) is 0 Å². The van der Waals surface area contributed by atoms with Crippen LogP contribution >= 0.6 is 0 Å². The van der Waals surface area contributed by atoms with E-state index < -0.39 is 0 Å². The zero-order valence-electron chi connectivity index (χ0n) is 8.03. The molecule has 1 N–H and O–H groups in total. The van der Waals surface area contributed by atoms with E-state index in [1.165, 1.54) is 24.0 Å². The van der Waals surface area contributed by atoms with Crippen LogP contribution in [-0.4, -0.2) is 11.7 Å². The van der Waals surface area contributed by atoms with Crippen molar-refractivity contribution < 1.29 is 5.11 Å². The molecule has 13 heavy (non-hydrogen) atoms. The van der Waals surface area contributed by atoms with Gasteiger partial charge in [-0.25, -0.2) is 0 Å². The maximum atomic E-state index is 9.26. The number of aliphatic hydroxyl groups excluding tert-OH is 1. The van der Waals surface area contributed by atoms with Gasteiger partial charge >= 0.3 is 0 Å². The highest BCUT2D eigenvalue weighted by atomic mass is 16.3. The molecule has 1 unspecified atom stereocenters.